The number of urea groups is 1. The Balaban J connectivity index is 1.90. The Kier molecular flexibility index (Phi) is 6.17. The molecule has 0 bridgehead atoms. The van der Waals surface area contributed by atoms with Crippen LogP contribution in [-0.4, -0.2) is 41.4 Å². The van der Waals surface area contributed by atoms with Crippen LogP contribution in [-0.2, 0) is 16.0 Å². The molecule has 2 rings (SSSR count). The van der Waals surface area contributed by atoms with Gasteiger partial charge in [-0.3, -0.25) is 14.5 Å². The lowest BCUT2D eigenvalue weighted by Crippen LogP contribution is -2.45. The maximum Gasteiger partial charge on any atom is 0.325 e. The van der Waals surface area contributed by atoms with Crippen LogP contribution in [0.2, 0.25) is 0 Å². The van der Waals surface area contributed by atoms with Crippen molar-refractivity contribution < 1.29 is 14.4 Å². The van der Waals surface area contributed by atoms with Gasteiger partial charge < -0.3 is 10.6 Å². The van der Waals surface area contributed by atoms with Gasteiger partial charge in [-0.2, -0.15) is 0 Å². The fourth-order valence-corrected chi connectivity index (χ4v) is 2.80. The van der Waals surface area contributed by atoms with E-state index in [0.717, 1.165) is 16.9 Å². The minimum atomic E-state index is -0.967. The number of carbonyl (C=O) groups is 3. The molecule has 0 radical (unpaired) electrons. The van der Waals surface area contributed by atoms with E-state index in [1.807, 2.05) is 30.3 Å². The number of imide groups is 1. The standard InChI is InChI=1S/C19H27N3O3/c1-14(2)10-12-20-16(23)13-22-17(24)19(3,21-18(22)25)11-9-15-7-5-4-6-8-15/h4-8,14H,9-13H2,1-3H3,(H,20,23)(H,21,25)/t19-/m0/s1. The van der Waals surface area contributed by atoms with Crippen LogP contribution in [0.25, 0.3) is 0 Å². The first kappa shape index (κ1) is 19.0. The summed E-state index contributed by atoms with van der Waals surface area (Å²) >= 11 is 0. The van der Waals surface area contributed by atoms with E-state index in [0.29, 0.717) is 25.3 Å². The molecule has 1 fully saturated rings. The van der Waals surface area contributed by atoms with Crippen LogP contribution in [0.1, 0.15) is 39.2 Å². The van der Waals surface area contributed by atoms with Crippen molar-refractivity contribution >= 4 is 17.8 Å². The van der Waals surface area contributed by atoms with Gasteiger partial charge in [-0.15, -0.1) is 0 Å². The average molecular weight is 345 g/mol. The highest BCUT2D eigenvalue weighted by molar-refractivity contribution is 6.08. The molecule has 0 saturated carbocycles. The van der Waals surface area contributed by atoms with Gasteiger partial charge in [0.1, 0.15) is 12.1 Å². The molecular weight excluding hydrogens is 318 g/mol. The first-order valence-corrected chi connectivity index (χ1v) is 8.76. The first-order chi connectivity index (χ1) is 11.8. The molecule has 0 unspecified atom stereocenters. The quantitative estimate of drug-likeness (QED) is 0.708. The summed E-state index contributed by atoms with van der Waals surface area (Å²) < 4.78 is 0. The third-order valence-electron chi connectivity index (χ3n) is 4.45. The van der Waals surface area contributed by atoms with E-state index < -0.39 is 11.6 Å². The molecule has 0 aliphatic carbocycles. The van der Waals surface area contributed by atoms with Crippen molar-refractivity contribution in [3.8, 4) is 0 Å². The van der Waals surface area contributed by atoms with Crippen LogP contribution in [0.4, 0.5) is 4.79 Å². The van der Waals surface area contributed by atoms with Crippen molar-refractivity contribution in [1.29, 1.82) is 0 Å². The van der Waals surface area contributed by atoms with Gasteiger partial charge in [-0.05, 0) is 37.7 Å². The molecular formula is C19H27N3O3. The second kappa shape index (κ2) is 8.14. The second-order valence-corrected chi connectivity index (χ2v) is 7.17. The van der Waals surface area contributed by atoms with Gasteiger partial charge in [0.25, 0.3) is 5.91 Å². The molecule has 1 aromatic rings. The summed E-state index contributed by atoms with van der Waals surface area (Å²) in [6.45, 7) is 6.17. The lowest BCUT2D eigenvalue weighted by molar-refractivity contribution is -0.134. The van der Waals surface area contributed by atoms with Crippen LogP contribution in [0.3, 0.4) is 0 Å². The lowest BCUT2D eigenvalue weighted by Gasteiger charge is -2.21. The first-order valence-electron chi connectivity index (χ1n) is 8.76. The van der Waals surface area contributed by atoms with Crippen molar-refractivity contribution in [2.24, 2.45) is 5.92 Å². The zero-order chi connectivity index (χ0) is 18.4. The van der Waals surface area contributed by atoms with Crippen LogP contribution in [0, 0.1) is 5.92 Å². The van der Waals surface area contributed by atoms with E-state index in [9.17, 15) is 14.4 Å². The third-order valence-corrected chi connectivity index (χ3v) is 4.45. The van der Waals surface area contributed by atoms with E-state index in [1.54, 1.807) is 6.92 Å². The molecule has 0 spiro atoms. The predicted octanol–water partition coefficient (Wildman–Crippen LogP) is 2.09. The van der Waals surface area contributed by atoms with Crippen LogP contribution >= 0.6 is 0 Å². The van der Waals surface area contributed by atoms with Gasteiger partial charge in [0, 0.05) is 6.54 Å². The van der Waals surface area contributed by atoms with E-state index in [1.165, 1.54) is 0 Å². The normalized spacial score (nSPS) is 20.1. The molecule has 25 heavy (non-hydrogen) atoms. The number of carbonyl (C=O) groups excluding carboxylic acids is 3. The average Bonchev–Trinajstić information content (AvgIpc) is 2.77. The summed E-state index contributed by atoms with van der Waals surface area (Å²) in [5, 5.41) is 5.49. The van der Waals surface area contributed by atoms with Crippen molar-refractivity contribution in [3.05, 3.63) is 35.9 Å². The number of aryl methyl sites for hydroxylation is 1. The fourth-order valence-electron chi connectivity index (χ4n) is 2.80. The number of amides is 4. The molecule has 1 heterocycles. The van der Waals surface area contributed by atoms with Gasteiger partial charge in [0.2, 0.25) is 5.91 Å². The largest absolute Gasteiger partial charge is 0.355 e. The summed E-state index contributed by atoms with van der Waals surface area (Å²) in [7, 11) is 0. The molecule has 6 heteroatoms. The molecule has 1 atom stereocenters. The number of rotatable bonds is 8. The smallest absolute Gasteiger partial charge is 0.325 e. The van der Waals surface area contributed by atoms with Gasteiger partial charge in [0.15, 0.2) is 0 Å². The monoisotopic (exact) mass is 345 g/mol. The summed E-state index contributed by atoms with van der Waals surface area (Å²) in [6, 6.07) is 9.31. The minimum absolute atomic E-state index is 0.232. The fraction of sp³-hybridized carbons (Fsp3) is 0.526. The number of hydrogen-bond donors (Lipinski definition) is 2. The SMILES string of the molecule is CC(C)CCNC(=O)CN1C(=O)N[C@@](C)(CCc2ccccc2)C1=O. The van der Waals surface area contributed by atoms with Crippen LogP contribution in [0.15, 0.2) is 30.3 Å². The zero-order valence-corrected chi connectivity index (χ0v) is 15.2. The van der Waals surface area contributed by atoms with E-state index >= 15 is 0 Å². The highest BCUT2D eigenvalue weighted by Gasteiger charge is 2.47. The molecule has 6 nitrogen and oxygen atoms in total. The summed E-state index contributed by atoms with van der Waals surface area (Å²) in [5.41, 5.74) is 0.140. The second-order valence-electron chi connectivity index (χ2n) is 7.17. The molecule has 1 aliphatic rings. The topological polar surface area (TPSA) is 78.5 Å². The summed E-state index contributed by atoms with van der Waals surface area (Å²) in [6.07, 6.45) is 2.03. The Morgan fingerprint density at radius 1 is 1.24 bits per heavy atom. The Morgan fingerprint density at radius 2 is 1.92 bits per heavy atom. The molecule has 1 saturated heterocycles. The number of benzene rings is 1. The van der Waals surface area contributed by atoms with Crippen molar-refractivity contribution in [2.75, 3.05) is 13.1 Å². The van der Waals surface area contributed by atoms with E-state index in [-0.39, 0.29) is 18.4 Å². The van der Waals surface area contributed by atoms with Crippen molar-refractivity contribution in [2.45, 2.75) is 45.6 Å². The Hall–Kier alpha value is -2.37. The summed E-state index contributed by atoms with van der Waals surface area (Å²) in [4.78, 5) is 37.8. The molecule has 0 aromatic heterocycles. The molecule has 4 amide bonds. The van der Waals surface area contributed by atoms with Gasteiger partial charge >= 0.3 is 6.03 Å². The Labute approximate surface area is 149 Å². The van der Waals surface area contributed by atoms with Gasteiger partial charge in [0.05, 0.1) is 0 Å². The van der Waals surface area contributed by atoms with Crippen molar-refractivity contribution in [3.63, 3.8) is 0 Å². The molecule has 1 aromatic carbocycles. The maximum absolute atomic E-state index is 12.6. The third kappa shape index (κ3) is 5.05. The predicted molar refractivity (Wildman–Crippen MR) is 95.9 cm³/mol. The van der Waals surface area contributed by atoms with Gasteiger partial charge in [-0.1, -0.05) is 44.2 Å². The maximum atomic E-state index is 12.6. The molecule has 136 valence electrons. The lowest BCUT2D eigenvalue weighted by atomic mass is 9.93. The van der Waals surface area contributed by atoms with Crippen LogP contribution < -0.4 is 10.6 Å². The number of hydrogen-bond acceptors (Lipinski definition) is 3. The highest BCUT2D eigenvalue weighted by Crippen LogP contribution is 2.23. The summed E-state index contributed by atoms with van der Waals surface area (Å²) in [5.74, 6) is -0.165. The Bertz CT molecular complexity index is 630. The highest BCUT2D eigenvalue weighted by atomic mass is 16.2. The van der Waals surface area contributed by atoms with E-state index in [4.69, 9.17) is 0 Å². The van der Waals surface area contributed by atoms with Gasteiger partial charge in [-0.25, -0.2) is 4.79 Å². The number of nitrogens with zero attached hydrogens (tertiary/aromatic N) is 1. The van der Waals surface area contributed by atoms with Crippen molar-refractivity contribution in [1.82, 2.24) is 15.5 Å². The Morgan fingerprint density at radius 3 is 2.56 bits per heavy atom. The van der Waals surface area contributed by atoms with E-state index in [2.05, 4.69) is 24.5 Å². The molecule has 1 aliphatic heterocycles. The minimum Gasteiger partial charge on any atom is -0.355 e. The zero-order valence-electron chi connectivity index (χ0n) is 15.2. The number of nitrogens with one attached hydrogen (secondary N) is 2. The molecule has 2 N–H and O–H groups in total. The van der Waals surface area contributed by atoms with Crippen LogP contribution in [0.5, 0.6) is 0 Å².